The number of hydrogen-bond donors (Lipinski definition) is 1. The molecule has 16 heteroatoms. The van der Waals surface area contributed by atoms with E-state index in [-0.39, 0.29) is 50.3 Å². The maximum Gasteiger partial charge on any atom is 0.330 e. The predicted octanol–water partition coefficient (Wildman–Crippen LogP) is 6.40. The molecule has 0 saturated carbocycles. The Kier molecular flexibility index (Phi) is 16.3. The number of esters is 1. The Hall–Kier alpha value is -5.20. The average molecular weight is 845 g/mol. The molecule has 0 aliphatic carbocycles. The number of aromatic nitrogens is 2. The van der Waals surface area contributed by atoms with Gasteiger partial charge in [0.05, 0.1) is 39.7 Å². The standard InChI is InChI=1S/C44H53N4O11P/c1-29(2)48(30(3)4)60(56-27-11-25-45)59-40-37(28-55-39(51)23-14-31(5)49)57-42(47-26-24-38(50)46-43(47)52)41(40)58-44(32-12-9-8-10-13-32,33-15-19-35(53-6)20-16-33)34-17-21-36(54-7)22-18-34/h8-10,12-13,15-22,24,26,29-30,37,40-42H,11,14,23,27-28H2,1-7H3,(H,46,50,52)/t37-,40-,41+,42-,60?/m1/s1. The van der Waals surface area contributed by atoms with Gasteiger partial charge in [-0.15, -0.1) is 0 Å². The Balaban J connectivity index is 1.79. The maximum absolute atomic E-state index is 13.7. The summed E-state index contributed by atoms with van der Waals surface area (Å²) >= 11 is 0. The zero-order valence-corrected chi connectivity index (χ0v) is 35.8. The lowest BCUT2D eigenvalue weighted by molar-refractivity contribution is -0.151. The first-order chi connectivity index (χ1) is 28.8. The van der Waals surface area contributed by atoms with Crippen molar-refractivity contribution < 1.29 is 42.3 Å². The molecular weight excluding hydrogens is 791 g/mol. The highest BCUT2D eigenvalue weighted by Gasteiger charge is 2.54. The molecule has 5 rings (SSSR count). The third-order valence-electron chi connectivity index (χ3n) is 9.86. The Morgan fingerprint density at radius 1 is 0.867 bits per heavy atom. The second-order valence-corrected chi connectivity index (χ2v) is 16.1. The van der Waals surface area contributed by atoms with Crippen LogP contribution in [0.3, 0.4) is 0 Å². The molecule has 0 radical (unpaired) electrons. The van der Waals surface area contributed by atoms with Gasteiger partial charge in [0.2, 0.25) is 0 Å². The fourth-order valence-electron chi connectivity index (χ4n) is 7.10. The number of methoxy groups -OCH3 is 2. The molecule has 1 unspecified atom stereocenters. The SMILES string of the molecule is COc1ccc(C(O[C@H]2[C@H](OP(OCCC#N)N(C(C)C)C(C)C)[C@@H](COC(=O)CCC(C)=O)O[C@H]2n2ccc(=O)[nH]c2=O)(c2ccccc2)c2ccc(OC)cc2)cc1. The molecule has 0 bridgehead atoms. The van der Waals surface area contributed by atoms with Gasteiger partial charge in [-0.3, -0.25) is 19.1 Å². The van der Waals surface area contributed by atoms with Gasteiger partial charge in [-0.2, -0.15) is 5.26 Å². The average Bonchev–Trinajstić information content (AvgIpc) is 3.56. The van der Waals surface area contributed by atoms with Gasteiger partial charge in [0.15, 0.2) is 6.23 Å². The number of rotatable bonds is 21. The minimum Gasteiger partial charge on any atom is -0.497 e. The van der Waals surface area contributed by atoms with E-state index in [0.717, 1.165) is 0 Å². The van der Waals surface area contributed by atoms with Crippen molar-refractivity contribution >= 4 is 20.3 Å². The monoisotopic (exact) mass is 844 g/mol. The van der Waals surface area contributed by atoms with E-state index >= 15 is 0 Å². The maximum atomic E-state index is 13.7. The van der Waals surface area contributed by atoms with Crippen LogP contribution >= 0.6 is 8.53 Å². The number of nitrogens with one attached hydrogen (secondary N) is 1. The summed E-state index contributed by atoms with van der Waals surface area (Å²) in [6.45, 7) is 9.07. The highest BCUT2D eigenvalue weighted by Crippen LogP contribution is 2.53. The normalized spacial score (nSPS) is 18.4. The van der Waals surface area contributed by atoms with E-state index in [2.05, 4.69) is 11.1 Å². The Morgan fingerprint density at radius 3 is 1.97 bits per heavy atom. The molecule has 4 aromatic rings. The fourth-order valence-corrected chi connectivity index (χ4v) is 8.87. The van der Waals surface area contributed by atoms with Gasteiger partial charge in [0.25, 0.3) is 14.1 Å². The molecule has 1 N–H and O–H groups in total. The molecule has 1 aliphatic rings. The molecule has 1 fully saturated rings. The number of nitriles is 1. The highest BCUT2D eigenvalue weighted by molar-refractivity contribution is 7.44. The first-order valence-electron chi connectivity index (χ1n) is 19.7. The molecule has 1 aliphatic heterocycles. The molecule has 60 heavy (non-hydrogen) atoms. The van der Waals surface area contributed by atoms with Crippen LogP contribution in [0.1, 0.15) is 76.8 Å². The first-order valence-corrected chi connectivity index (χ1v) is 20.8. The minimum absolute atomic E-state index is 0.00942. The molecule has 0 amide bonds. The summed E-state index contributed by atoms with van der Waals surface area (Å²) in [5, 5.41) is 9.47. The van der Waals surface area contributed by atoms with Crippen LogP contribution in [0.5, 0.6) is 11.5 Å². The molecular formula is C44H53N4O11P. The number of hydrogen-bond acceptors (Lipinski definition) is 13. The second-order valence-electron chi connectivity index (χ2n) is 14.7. The number of carbonyl (C=O) groups excluding carboxylic acids is 2. The van der Waals surface area contributed by atoms with Crippen molar-refractivity contribution in [2.45, 2.75) is 96.1 Å². The molecule has 5 atom stereocenters. The third-order valence-corrected chi connectivity index (χ3v) is 12.0. The van der Waals surface area contributed by atoms with E-state index in [9.17, 15) is 24.4 Å². The summed E-state index contributed by atoms with van der Waals surface area (Å²) in [5.74, 6) is 0.400. The van der Waals surface area contributed by atoms with Gasteiger partial charge < -0.3 is 37.5 Å². The number of nitrogens with zero attached hydrogens (tertiary/aromatic N) is 3. The zero-order chi connectivity index (χ0) is 43.4. The van der Waals surface area contributed by atoms with Gasteiger partial charge in [0.1, 0.15) is 47.8 Å². The number of ketones is 1. The number of benzene rings is 3. The minimum atomic E-state index is -1.98. The number of Topliss-reactive ketones (excluding diaryl/α,β-unsaturated/α-hetero) is 1. The van der Waals surface area contributed by atoms with Crippen LogP contribution in [0.25, 0.3) is 0 Å². The summed E-state index contributed by atoms with van der Waals surface area (Å²) < 4.78 is 47.9. The van der Waals surface area contributed by atoms with E-state index in [1.807, 2.05) is 111 Å². The Bertz CT molecular complexity index is 2120. The molecule has 3 aromatic carbocycles. The van der Waals surface area contributed by atoms with Crippen molar-refractivity contribution in [3.63, 3.8) is 0 Å². The molecule has 0 spiro atoms. The Morgan fingerprint density at radius 2 is 1.45 bits per heavy atom. The van der Waals surface area contributed by atoms with Crippen LogP contribution in [0.2, 0.25) is 0 Å². The lowest BCUT2D eigenvalue weighted by atomic mass is 9.79. The highest BCUT2D eigenvalue weighted by atomic mass is 31.2. The summed E-state index contributed by atoms with van der Waals surface area (Å²) in [4.78, 5) is 53.2. The van der Waals surface area contributed by atoms with Crippen molar-refractivity contribution in [2.75, 3.05) is 27.4 Å². The van der Waals surface area contributed by atoms with E-state index in [4.69, 9.17) is 32.7 Å². The molecule has 15 nitrogen and oxygen atoms in total. The zero-order valence-electron chi connectivity index (χ0n) is 34.9. The van der Waals surface area contributed by atoms with E-state index < -0.39 is 55.9 Å². The smallest absolute Gasteiger partial charge is 0.330 e. The van der Waals surface area contributed by atoms with Crippen LogP contribution in [0, 0.1) is 11.3 Å². The van der Waals surface area contributed by atoms with Gasteiger partial charge in [0, 0.05) is 30.8 Å². The van der Waals surface area contributed by atoms with Crippen LogP contribution < -0.4 is 20.7 Å². The second kappa shape index (κ2) is 21.4. The largest absolute Gasteiger partial charge is 0.497 e. The van der Waals surface area contributed by atoms with Crippen LogP contribution in [0.15, 0.2) is 101 Å². The topological polar surface area (TPSA) is 181 Å². The fraction of sp³-hybridized carbons (Fsp3) is 0.432. The van der Waals surface area contributed by atoms with Crippen molar-refractivity contribution in [3.8, 4) is 17.6 Å². The number of carbonyl (C=O) groups is 2. The third kappa shape index (κ3) is 10.9. The van der Waals surface area contributed by atoms with E-state index in [1.54, 1.807) is 14.2 Å². The van der Waals surface area contributed by atoms with Gasteiger partial charge >= 0.3 is 11.7 Å². The summed E-state index contributed by atoms with van der Waals surface area (Å²) in [7, 11) is 1.17. The van der Waals surface area contributed by atoms with E-state index in [1.165, 1.54) is 23.8 Å². The lowest BCUT2D eigenvalue weighted by Crippen LogP contribution is -2.47. The first kappa shape index (κ1) is 45.9. The summed E-state index contributed by atoms with van der Waals surface area (Å²) in [6, 6.07) is 27.4. The molecule has 1 saturated heterocycles. The summed E-state index contributed by atoms with van der Waals surface area (Å²) in [6.07, 6.45) is -3.50. The number of ether oxygens (including phenoxy) is 5. The van der Waals surface area contributed by atoms with Crippen molar-refractivity contribution in [3.05, 3.63) is 129 Å². The quantitative estimate of drug-likeness (QED) is 0.0422. The lowest BCUT2D eigenvalue weighted by Gasteiger charge is -2.42. The van der Waals surface area contributed by atoms with Crippen LogP contribution in [-0.2, 0) is 38.4 Å². The number of aromatic amines is 1. The van der Waals surface area contributed by atoms with E-state index in [0.29, 0.717) is 28.2 Å². The molecule has 1 aromatic heterocycles. The van der Waals surface area contributed by atoms with Crippen molar-refractivity contribution in [1.82, 2.24) is 14.2 Å². The van der Waals surface area contributed by atoms with Crippen molar-refractivity contribution in [1.29, 1.82) is 5.26 Å². The number of H-pyrrole nitrogens is 1. The van der Waals surface area contributed by atoms with Gasteiger partial charge in [-0.1, -0.05) is 54.6 Å². The summed E-state index contributed by atoms with van der Waals surface area (Å²) in [5.41, 5.74) is -0.829. The van der Waals surface area contributed by atoms with Gasteiger partial charge in [-0.05, 0) is 75.6 Å². The van der Waals surface area contributed by atoms with Crippen LogP contribution in [-0.4, -0.2) is 83.8 Å². The predicted molar refractivity (Wildman–Crippen MR) is 223 cm³/mol. The van der Waals surface area contributed by atoms with Gasteiger partial charge in [-0.25, -0.2) is 9.46 Å². The Labute approximate surface area is 351 Å². The molecule has 2 heterocycles. The van der Waals surface area contributed by atoms with Crippen molar-refractivity contribution in [2.24, 2.45) is 0 Å². The van der Waals surface area contributed by atoms with Crippen LogP contribution in [0.4, 0.5) is 0 Å². The molecule has 320 valence electrons.